The zero-order valence-electron chi connectivity index (χ0n) is 7.45. The van der Waals surface area contributed by atoms with E-state index in [1.54, 1.807) is 11.3 Å². The lowest BCUT2D eigenvalue weighted by Crippen LogP contribution is -2.09. The van der Waals surface area contributed by atoms with Crippen LogP contribution in [0.4, 0.5) is 0 Å². The number of aliphatic hydroxyl groups excluding tert-OH is 1. The third kappa shape index (κ3) is 1.37. The molecule has 1 aliphatic carbocycles. The third-order valence-corrected chi connectivity index (χ3v) is 3.62. The molecule has 1 aromatic heterocycles. The summed E-state index contributed by atoms with van der Waals surface area (Å²) in [4.78, 5) is 2.11. The fourth-order valence-electron chi connectivity index (χ4n) is 1.45. The maximum absolute atomic E-state index is 9.91. The maximum Gasteiger partial charge on any atom is 0.107 e. The molecule has 1 heterocycles. The van der Waals surface area contributed by atoms with Gasteiger partial charge >= 0.3 is 0 Å². The first kappa shape index (κ1) is 8.74. The van der Waals surface area contributed by atoms with Crippen LogP contribution < -0.4 is 0 Å². The van der Waals surface area contributed by atoms with Crippen LogP contribution in [0.25, 0.3) is 0 Å². The van der Waals surface area contributed by atoms with Gasteiger partial charge in [0.05, 0.1) is 11.5 Å². The number of nitrogens with zero attached hydrogens (tertiary/aromatic N) is 1. The molecule has 2 rings (SSSR count). The van der Waals surface area contributed by atoms with Crippen LogP contribution in [0, 0.1) is 23.7 Å². The zero-order valence-corrected chi connectivity index (χ0v) is 8.27. The first-order chi connectivity index (χ1) is 6.18. The lowest BCUT2D eigenvalue weighted by Gasteiger charge is -2.12. The number of aryl methyl sites for hydroxylation is 1. The Morgan fingerprint density at radius 1 is 1.62 bits per heavy atom. The summed E-state index contributed by atoms with van der Waals surface area (Å²) >= 11 is 1.58. The van der Waals surface area contributed by atoms with Crippen molar-refractivity contribution in [2.75, 3.05) is 0 Å². The first-order valence-electron chi connectivity index (χ1n) is 4.34. The number of thiophene rings is 1. The van der Waals surface area contributed by atoms with Gasteiger partial charge in [0.1, 0.15) is 6.10 Å². The first-order valence-corrected chi connectivity index (χ1v) is 5.15. The number of aliphatic hydroxyl groups is 1. The predicted molar refractivity (Wildman–Crippen MR) is 51.3 cm³/mol. The van der Waals surface area contributed by atoms with Gasteiger partial charge in [-0.3, -0.25) is 0 Å². The Morgan fingerprint density at radius 3 is 2.69 bits per heavy atom. The van der Waals surface area contributed by atoms with Gasteiger partial charge in [-0.25, -0.2) is 0 Å². The Hall–Kier alpha value is -0.850. The van der Waals surface area contributed by atoms with E-state index in [1.165, 1.54) is 4.88 Å². The summed E-state index contributed by atoms with van der Waals surface area (Å²) in [5.41, 5.74) is -0.461. The van der Waals surface area contributed by atoms with Crippen LogP contribution in [0.5, 0.6) is 0 Å². The SMILES string of the molecule is Cc1ccc(C(O)C2(C#N)CC2)s1. The molecule has 1 N–H and O–H groups in total. The number of hydrogen-bond acceptors (Lipinski definition) is 3. The van der Waals surface area contributed by atoms with E-state index >= 15 is 0 Å². The van der Waals surface area contributed by atoms with Crippen molar-refractivity contribution < 1.29 is 5.11 Å². The van der Waals surface area contributed by atoms with E-state index < -0.39 is 11.5 Å². The highest BCUT2D eigenvalue weighted by Crippen LogP contribution is 2.55. The molecule has 1 aromatic rings. The summed E-state index contributed by atoms with van der Waals surface area (Å²) in [5.74, 6) is 0. The van der Waals surface area contributed by atoms with Crippen LogP contribution in [0.3, 0.4) is 0 Å². The van der Waals surface area contributed by atoms with Gasteiger partial charge in [0.15, 0.2) is 0 Å². The molecule has 1 unspecified atom stereocenters. The summed E-state index contributed by atoms with van der Waals surface area (Å²) in [5, 5.41) is 18.8. The highest BCUT2D eigenvalue weighted by Gasteiger charge is 2.50. The van der Waals surface area contributed by atoms with Crippen molar-refractivity contribution >= 4 is 11.3 Å². The van der Waals surface area contributed by atoms with Crippen molar-refractivity contribution in [1.29, 1.82) is 5.26 Å². The zero-order chi connectivity index (χ0) is 9.47. The van der Waals surface area contributed by atoms with Crippen molar-refractivity contribution in [2.45, 2.75) is 25.9 Å². The van der Waals surface area contributed by atoms with E-state index in [0.717, 1.165) is 17.7 Å². The average molecular weight is 193 g/mol. The normalized spacial score (nSPS) is 20.7. The summed E-state index contributed by atoms with van der Waals surface area (Å²) in [6, 6.07) is 6.12. The van der Waals surface area contributed by atoms with Gasteiger partial charge in [-0.05, 0) is 31.9 Å². The smallest absolute Gasteiger partial charge is 0.107 e. The quantitative estimate of drug-likeness (QED) is 0.783. The second-order valence-electron chi connectivity index (χ2n) is 3.62. The molecular weight excluding hydrogens is 182 g/mol. The molecule has 1 saturated carbocycles. The van der Waals surface area contributed by atoms with Crippen LogP contribution in [0.15, 0.2) is 12.1 Å². The summed E-state index contributed by atoms with van der Waals surface area (Å²) in [6.07, 6.45) is 1.10. The second-order valence-corrected chi connectivity index (χ2v) is 4.94. The monoisotopic (exact) mass is 193 g/mol. The molecular formula is C10H11NOS. The predicted octanol–water partition coefficient (Wildman–Crippen LogP) is 2.39. The minimum Gasteiger partial charge on any atom is -0.386 e. The molecule has 2 nitrogen and oxygen atoms in total. The van der Waals surface area contributed by atoms with E-state index in [4.69, 9.17) is 5.26 Å². The van der Waals surface area contributed by atoms with Crippen molar-refractivity contribution in [3.63, 3.8) is 0 Å². The van der Waals surface area contributed by atoms with Gasteiger partial charge < -0.3 is 5.11 Å². The van der Waals surface area contributed by atoms with Gasteiger partial charge in [-0.2, -0.15) is 5.26 Å². The molecule has 1 aliphatic rings. The molecule has 0 amide bonds. The molecule has 0 spiro atoms. The van der Waals surface area contributed by atoms with Crippen molar-refractivity contribution in [3.8, 4) is 6.07 Å². The molecule has 1 fully saturated rings. The lowest BCUT2D eigenvalue weighted by molar-refractivity contribution is 0.126. The van der Waals surface area contributed by atoms with Gasteiger partial charge in [-0.15, -0.1) is 11.3 Å². The van der Waals surface area contributed by atoms with Crippen LogP contribution >= 0.6 is 11.3 Å². The number of hydrogen-bond donors (Lipinski definition) is 1. The summed E-state index contributed by atoms with van der Waals surface area (Å²) in [7, 11) is 0. The summed E-state index contributed by atoms with van der Waals surface area (Å²) in [6.45, 7) is 2.01. The topological polar surface area (TPSA) is 44.0 Å². The van der Waals surface area contributed by atoms with Crippen LogP contribution in [0.1, 0.15) is 28.7 Å². The fraction of sp³-hybridized carbons (Fsp3) is 0.500. The minimum atomic E-state index is -0.573. The highest BCUT2D eigenvalue weighted by atomic mass is 32.1. The Balaban J connectivity index is 2.23. The van der Waals surface area contributed by atoms with Crippen molar-refractivity contribution in [3.05, 3.63) is 21.9 Å². The number of nitriles is 1. The van der Waals surface area contributed by atoms with E-state index in [-0.39, 0.29) is 0 Å². The van der Waals surface area contributed by atoms with Gasteiger partial charge in [0.2, 0.25) is 0 Å². The molecule has 0 aliphatic heterocycles. The standard InChI is InChI=1S/C10H11NOS/c1-7-2-3-8(13-7)9(12)10(6-11)4-5-10/h2-3,9,12H,4-5H2,1H3. The van der Waals surface area contributed by atoms with Gasteiger partial charge in [0.25, 0.3) is 0 Å². The Bertz CT molecular complexity index is 359. The highest BCUT2D eigenvalue weighted by molar-refractivity contribution is 7.12. The second kappa shape index (κ2) is 2.83. The Labute approximate surface area is 81.4 Å². The average Bonchev–Trinajstić information content (AvgIpc) is 2.82. The van der Waals surface area contributed by atoms with E-state index in [2.05, 4.69) is 6.07 Å². The van der Waals surface area contributed by atoms with Crippen molar-refractivity contribution in [1.82, 2.24) is 0 Å². The van der Waals surface area contributed by atoms with E-state index in [0.29, 0.717) is 0 Å². The molecule has 1 atom stereocenters. The van der Waals surface area contributed by atoms with Crippen LogP contribution in [-0.2, 0) is 0 Å². The third-order valence-electron chi connectivity index (χ3n) is 2.57. The molecule has 0 saturated heterocycles. The minimum absolute atomic E-state index is 0.461. The lowest BCUT2D eigenvalue weighted by atomic mass is 10.0. The molecule has 3 heteroatoms. The Morgan fingerprint density at radius 2 is 2.31 bits per heavy atom. The van der Waals surface area contributed by atoms with Crippen LogP contribution in [0.2, 0.25) is 0 Å². The molecule has 0 bridgehead atoms. The molecule has 13 heavy (non-hydrogen) atoms. The Kier molecular flexibility index (Phi) is 1.90. The molecule has 0 radical (unpaired) electrons. The van der Waals surface area contributed by atoms with Crippen LogP contribution in [-0.4, -0.2) is 5.11 Å². The maximum atomic E-state index is 9.91. The van der Waals surface area contributed by atoms with E-state index in [9.17, 15) is 5.11 Å². The van der Waals surface area contributed by atoms with E-state index in [1.807, 2.05) is 19.1 Å². The summed E-state index contributed by atoms with van der Waals surface area (Å²) < 4.78 is 0. The van der Waals surface area contributed by atoms with Crippen molar-refractivity contribution in [2.24, 2.45) is 5.41 Å². The van der Waals surface area contributed by atoms with Gasteiger partial charge in [0, 0.05) is 9.75 Å². The largest absolute Gasteiger partial charge is 0.386 e. The molecule has 0 aromatic carbocycles. The van der Waals surface area contributed by atoms with Gasteiger partial charge in [-0.1, -0.05) is 0 Å². The number of rotatable bonds is 2. The molecule has 68 valence electrons. The fourth-order valence-corrected chi connectivity index (χ4v) is 2.43.